The minimum Gasteiger partial charge on any atom is -0.489 e. The van der Waals surface area contributed by atoms with E-state index < -0.39 is 0 Å². The van der Waals surface area contributed by atoms with E-state index in [-0.39, 0.29) is 12.4 Å². The van der Waals surface area contributed by atoms with E-state index >= 15 is 0 Å². The molecule has 0 saturated carbocycles. The smallest absolute Gasteiger partial charge is 0.309 e. The molecule has 21 heavy (non-hydrogen) atoms. The second kappa shape index (κ2) is 7.24. The highest BCUT2D eigenvalue weighted by atomic mass is 16.5. The van der Waals surface area contributed by atoms with E-state index in [1.54, 1.807) is 24.3 Å². The van der Waals surface area contributed by atoms with Gasteiger partial charge in [-0.2, -0.15) is 0 Å². The van der Waals surface area contributed by atoms with Crippen LogP contribution in [-0.2, 0) is 22.6 Å². The molecule has 2 aromatic carbocycles. The van der Waals surface area contributed by atoms with Gasteiger partial charge in [0.05, 0.1) is 13.5 Å². The molecule has 4 nitrogen and oxygen atoms in total. The van der Waals surface area contributed by atoms with Crippen molar-refractivity contribution >= 4 is 12.3 Å². The average Bonchev–Trinajstić information content (AvgIpc) is 2.54. The summed E-state index contributed by atoms with van der Waals surface area (Å²) in [5, 5.41) is 0. The fourth-order valence-electron chi connectivity index (χ4n) is 1.90. The lowest BCUT2D eigenvalue weighted by Crippen LogP contribution is -2.08. The first-order valence-electron chi connectivity index (χ1n) is 6.54. The molecule has 0 spiro atoms. The van der Waals surface area contributed by atoms with Crippen molar-refractivity contribution in [1.82, 2.24) is 0 Å². The van der Waals surface area contributed by atoms with E-state index in [9.17, 15) is 9.59 Å². The molecule has 0 heterocycles. The molecule has 0 unspecified atom stereocenters. The van der Waals surface area contributed by atoms with Gasteiger partial charge in [0.1, 0.15) is 18.6 Å². The lowest BCUT2D eigenvalue weighted by Gasteiger charge is -2.10. The first-order chi connectivity index (χ1) is 10.2. The van der Waals surface area contributed by atoms with Crippen LogP contribution >= 0.6 is 0 Å². The van der Waals surface area contributed by atoms with Crippen molar-refractivity contribution in [3.05, 3.63) is 65.2 Å². The molecule has 4 heteroatoms. The van der Waals surface area contributed by atoms with Crippen LogP contribution in [0, 0.1) is 0 Å². The van der Waals surface area contributed by atoms with Gasteiger partial charge in [0, 0.05) is 5.56 Å². The quantitative estimate of drug-likeness (QED) is 0.604. The Hall–Kier alpha value is -2.62. The number of hydrogen-bond donors (Lipinski definition) is 0. The fourth-order valence-corrected chi connectivity index (χ4v) is 1.90. The molecular formula is C17H16O4. The second-order valence-corrected chi connectivity index (χ2v) is 4.50. The maximum atomic E-state index is 11.4. The van der Waals surface area contributed by atoms with E-state index in [2.05, 4.69) is 4.74 Å². The van der Waals surface area contributed by atoms with E-state index in [4.69, 9.17) is 4.74 Å². The van der Waals surface area contributed by atoms with Gasteiger partial charge >= 0.3 is 5.97 Å². The predicted octanol–water partition coefficient (Wildman–Crippen LogP) is 2.79. The lowest BCUT2D eigenvalue weighted by atomic mass is 10.1. The molecule has 0 radical (unpaired) electrons. The Labute approximate surface area is 123 Å². The zero-order valence-corrected chi connectivity index (χ0v) is 11.7. The molecule has 0 N–H and O–H groups in total. The molecule has 0 aliphatic rings. The summed E-state index contributed by atoms with van der Waals surface area (Å²) in [7, 11) is 1.37. The molecule has 0 aliphatic heterocycles. The molecule has 0 aromatic heterocycles. The number of ether oxygens (including phenoxy) is 2. The van der Waals surface area contributed by atoms with Gasteiger partial charge in [0.2, 0.25) is 0 Å². The highest BCUT2D eigenvalue weighted by molar-refractivity contribution is 5.74. The summed E-state index contributed by atoms with van der Waals surface area (Å²) in [6.07, 6.45) is 1.01. The topological polar surface area (TPSA) is 52.6 Å². The second-order valence-electron chi connectivity index (χ2n) is 4.50. The van der Waals surface area contributed by atoms with Crippen molar-refractivity contribution < 1.29 is 19.1 Å². The van der Waals surface area contributed by atoms with E-state index in [0.717, 1.165) is 17.4 Å². The van der Waals surface area contributed by atoms with Crippen LogP contribution in [0.4, 0.5) is 0 Å². The molecule has 0 atom stereocenters. The van der Waals surface area contributed by atoms with Gasteiger partial charge in [-0.15, -0.1) is 0 Å². The summed E-state index contributed by atoms with van der Waals surface area (Å²) in [4.78, 5) is 22.0. The Morgan fingerprint density at radius 2 is 1.71 bits per heavy atom. The third kappa shape index (κ3) is 4.18. The van der Waals surface area contributed by atoms with Gasteiger partial charge in [-0.1, -0.05) is 24.3 Å². The molecule has 0 bridgehead atoms. The van der Waals surface area contributed by atoms with Crippen LogP contribution in [-0.4, -0.2) is 19.4 Å². The van der Waals surface area contributed by atoms with Gasteiger partial charge in [-0.3, -0.25) is 9.59 Å². The first kappa shape index (κ1) is 14.8. The highest BCUT2D eigenvalue weighted by Gasteiger charge is 2.08. The third-order valence-electron chi connectivity index (χ3n) is 3.09. The predicted molar refractivity (Wildman–Crippen MR) is 78.3 cm³/mol. The van der Waals surface area contributed by atoms with Crippen molar-refractivity contribution in [2.45, 2.75) is 13.0 Å². The number of carbonyl (C=O) groups is 2. The normalized spacial score (nSPS) is 9.95. The Balaban J connectivity index is 2.05. The van der Waals surface area contributed by atoms with Crippen LogP contribution in [0.25, 0.3) is 0 Å². The Kier molecular flexibility index (Phi) is 5.10. The number of hydrogen-bond acceptors (Lipinski definition) is 4. The van der Waals surface area contributed by atoms with E-state index in [1.807, 2.05) is 24.3 Å². The SMILES string of the molecule is COC(=O)Cc1ccccc1COc1ccc(C=O)cc1. The van der Waals surface area contributed by atoms with Crippen molar-refractivity contribution in [2.75, 3.05) is 7.11 Å². The lowest BCUT2D eigenvalue weighted by molar-refractivity contribution is -0.139. The maximum Gasteiger partial charge on any atom is 0.309 e. The number of aldehydes is 1. The standard InChI is InChI=1S/C17H16O4/c1-20-17(19)10-14-4-2-3-5-15(14)12-21-16-8-6-13(11-18)7-9-16/h2-9,11H,10,12H2,1H3. The molecule has 0 amide bonds. The number of esters is 1. The van der Waals surface area contributed by atoms with Crippen LogP contribution < -0.4 is 4.74 Å². The van der Waals surface area contributed by atoms with Crippen LogP contribution in [0.5, 0.6) is 5.75 Å². The van der Waals surface area contributed by atoms with Gasteiger partial charge in [-0.25, -0.2) is 0 Å². The fraction of sp³-hybridized carbons (Fsp3) is 0.176. The summed E-state index contributed by atoms with van der Waals surface area (Å²) in [6.45, 7) is 0.355. The van der Waals surface area contributed by atoms with Crippen LogP contribution in [0.3, 0.4) is 0 Å². The zero-order chi connectivity index (χ0) is 15.1. The maximum absolute atomic E-state index is 11.4. The molecule has 0 fully saturated rings. The summed E-state index contributed by atoms with van der Waals surface area (Å²) < 4.78 is 10.4. The Morgan fingerprint density at radius 1 is 1.05 bits per heavy atom. The number of rotatable bonds is 6. The monoisotopic (exact) mass is 284 g/mol. The van der Waals surface area contributed by atoms with Crippen LogP contribution in [0.1, 0.15) is 21.5 Å². The molecule has 2 aromatic rings. The third-order valence-corrected chi connectivity index (χ3v) is 3.09. The highest BCUT2D eigenvalue weighted by Crippen LogP contribution is 2.16. The molecule has 2 rings (SSSR count). The van der Waals surface area contributed by atoms with Gasteiger partial charge in [-0.05, 0) is 35.4 Å². The molecule has 108 valence electrons. The minimum atomic E-state index is -0.280. The minimum absolute atomic E-state index is 0.222. The van der Waals surface area contributed by atoms with Crippen molar-refractivity contribution in [1.29, 1.82) is 0 Å². The molecule has 0 saturated heterocycles. The summed E-state index contributed by atoms with van der Waals surface area (Å²) >= 11 is 0. The molecular weight excluding hydrogens is 268 g/mol. The van der Waals surface area contributed by atoms with Crippen LogP contribution in [0.2, 0.25) is 0 Å². The zero-order valence-electron chi connectivity index (χ0n) is 11.7. The van der Waals surface area contributed by atoms with Crippen molar-refractivity contribution in [3.63, 3.8) is 0 Å². The Morgan fingerprint density at radius 3 is 2.33 bits per heavy atom. The first-order valence-corrected chi connectivity index (χ1v) is 6.54. The Bertz CT molecular complexity index is 617. The van der Waals surface area contributed by atoms with Gasteiger partial charge in [0.25, 0.3) is 0 Å². The summed E-state index contributed by atoms with van der Waals surface area (Å²) in [5.74, 6) is 0.395. The van der Waals surface area contributed by atoms with Gasteiger partial charge in [0.15, 0.2) is 0 Å². The largest absolute Gasteiger partial charge is 0.489 e. The van der Waals surface area contributed by atoms with Crippen molar-refractivity contribution in [2.24, 2.45) is 0 Å². The number of methoxy groups -OCH3 is 1. The summed E-state index contributed by atoms with van der Waals surface area (Å²) in [5.41, 5.74) is 2.42. The number of carbonyl (C=O) groups excluding carboxylic acids is 2. The van der Waals surface area contributed by atoms with E-state index in [1.165, 1.54) is 7.11 Å². The summed E-state index contributed by atoms with van der Waals surface area (Å²) in [6, 6.07) is 14.4. The van der Waals surface area contributed by atoms with E-state index in [0.29, 0.717) is 17.9 Å². The van der Waals surface area contributed by atoms with Crippen LogP contribution in [0.15, 0.2) is 48.5 Å². The molecule has 0 aliphatic carbocycles. The van der Waals surface area contributed by atoms with Crippen molar-refractivity contribution in [3.8, 4) is 5.75 Å². The number of benzene rings is 2. The average molecular weight is 284 g/mol. The van der Waals surface area contributed by atoms with Gasteiger partial charge < -0.3 is 9.47 Å².